The normalized spacial score (nSPS) is 16.0. The molecule has 9 N–H and O–H groups in total. The van der Waals surface area contributed by atoms with Gasteiger partial charge in [-0.2, -0.15) is 0 Å². The van der Waals surface area contributed by atoms with Crippen molar-refractivity contribution in [3.63, 3.8) is 0 Å². The van der Waals surface area contributed by atoms with Crippen LogP contribution >= 0.6 is 0 Å². The largest absolute Gasteiger partial charge is 0.480 e. The number of carboxylic acids is 1. The number of aliphatic carboxylic acids is 1. The van der Waals surface area contributed by atoms with E-state index >= 15 is 0 Å². The Kier molecular flexibility index (Phi) is 11.6. The second-order valence-electron chi connectivity index (χ2n) is 7.60. The smallest absolute Gasteiger partial charge is 0.326 e. The van der Waals surface area contributed by atoms with Gasteiger partial charge in [-0.3, -0.25) is 19.2 Å². The van der Waals surface area contributed by atoms with Gasteiger partial charge in [0.1, 0.15) is 18.1 Å². The van der Waals surface area contributed by atoms with E-state index < -0.39 is 59.9 Å². The van der Waals surface area contributed by atoms with E-state index in [1.807, 2.05) is 13.8 Å². The fourth-order valence-corrected chi connectivity index (χ4v) is 2.49. The van der Waals surface area contributed by atoms with Gasteiger partial charge in [-0.15, -0.1) is 0 Å². The lowest BCUT2D eigenvalue weighted by Crippen LogP contribution is -2.59. The number of aliphatic hydroxyl groups is 1. The van der Waals surface area contributed by atoms with Gasteiger partial charge in [0.2, 0.25) is 23.6 Å². The summed E-state index contributed by atoms with van der Waals surface area (Å²) in [5.74, 6) is -4.25. The van der Waals surface area contributed by atoms with Gasteiger partial charge in [-0.05, 0) is 32.6 Å². The van der Waals surface area contributed by atoms with Crippen molar-refractivity contribution in [3.05, 3.63) is 0 Å². The summed E-state index contributed by atoms with van der Waals surface area (Å²) in [6, 6.07) is -4.79. The molecule has 0 aliphatic carbocycles. The molecule has 5 unspecified atom stereocenters. The number of hydrogen-bond acceptors (Lipinski definition) is 7. The summed E-state index contributed by atoms with van der Waals surface area (Å²) in [5, 5.41) is 25.9. The predicted molar refractivity (Wildman–Crippen MR) is 107 cm³/mol. The summed E-state index contributed by atoms with van der Waals surface area (Å²) < 4.78 is 0. The number of primary amides is 1. The number of carbonyl (C=O) groups is 5. The van der Waals surface area contributed by atoms with Crippen molar-refractivity contribution in [2.45, 2.75) is 77.2 Å². The van der Waals surface area contributed by atoms with E-state index in [0.29, 0.717) is 6.42 Å². The van der Waals surface area contributed by atoms with Gasteiger partial charge in [0.05, 0.1) is 12.1 Å². The summed E-state index contributed by atoms with van der Waals surface area (Å²) in [5.41, 5.74) is 10.7. The quantitative estimate of drug-likeness (QED) is 0.166. The van der Waals surface area contributed by atoms with Crippen LogP contribution in [0.25, 0.3) is 0 Å². The molecule has 0 aliphatic rings. The zero-order valence-electron chi connectivity index (χ0n) is 17.7. The molecule has 0 saturated heterocycles. The first-order chi connectivity index (χ1) is 13.8. The maximum atomic E-state index is 12.4. The molecule has 0 radical (unpaired) electrons. The SMILES string of the molecule is CC(C)CC(N)C(=O)NC(C)C(=O)NC(C(=O)NC(CCC(N)=O)C(=O)O)C(C)O. The van der Waals surface area contributed by atoms with E-state index in [1.54, 1.807) is 0 Å². The van der Waals surface area contributed by atoms with Gasteiger partial charge in [0.15, 0.2) is 0 Å². The molecule has 12 nitrogen and oxygen atoms in total. The highest BCUT2D eigenvalue weighted by molar-refractivity contribution is 5.94. The highest BCUT2D eigenvalue weighted by atomic mass is 16.4. The third-order valence-electron chi connectivity index (χ3n) is 4.17. The molecule has 172 valence electrons. The summed E-state index contributed by atoms with van der Waals surface area (Å²) in [6.07, 6.45) is -1.48. The third-order valence-corrected chi connectivity index (χ3v) is 4.17. The van der Waals surface area contributed by atoms with E-state index in [9.17, 15) is 29.1 Å². The Morgan fingerprint density at radius 1 is 0.900 bits per heavy atom. The molecule has 0 aromatic heterocycles. The molecule has 0 aromatic rings. The number of rotatable bonds is 13. The second kappa shape index (κ2) is 12.8. The first-order valence-corrected chi connectivity index (χ1v) is 9.62. The summed E-state index contributed by atoms with van der Waals surface area (Å²) >= 11 is 0. The Morgan fingerprint density at radius 3 is 1.90 bits per heavy atom. The number of nitrogens with one attached hydrogen (secondary N) is 3. The molecular formula is C18H33N5O7. The lowest BCUT2D eigenvalue weighted by atomic mass is 10.0. The van der Waals surface area contributed by atoms with E-state index in [2.05, 4.69) is 16.0 Å². The highest BCUT2D eigenvalue weighted by Crippen LogP contribution is 2.04. The first-order valence-electron chi connectivity index (χ1n) is 9.62. The van der Waals surface area contributed by atoms with E-state index in [4.69, 9.17) is 16.6 Å². The maximum absolute atomic E-state index is 12.4. The fourth-order valence-electron chi connectivity index (χ4n) is 2.49. The van der Waals surface area contributed by atoms with Crippen LogP contribution < -0.4 is 27.4 Å². The lowest BCUT2D eigenvalue weighted by molar-refractivity contribution is -0.143. The molecule has 0 spiro atoms. The Balaban J connectivity index is 5.01. The average Bonchev–Trinajstić information content (AvgIpc) is 2.61. The van der Waals surface area contributed by atoms with Gasteiger partial charge >= 0.3 is 5.97 Å². The predicted octanol–water partition coefficient (Wildman–Crippen LogP) is -2.43. The van der Waals surface area contributed by atoms with E-state index in [0.717, 1.165) is 0 Å². The number of nitrogens with two attached hydrogens (primary N) is 2. The number of aliphatic hydroxyl groups excluding tert-OH is 1. The van der Waals surface area contributed by atoms with E-state index in [1.165, 1.54) is 13.8 Å². The molecule has 0 saturated carbocycles. The Morgan fingerprint density at radius 2 is 1.47 bits per heavy atom. The van der Waals surface area contributed by atoms with Crippen LogP contribution in [-0.4, -0.2) is 70.1 Å². The molecule has 0 heterocycles. The molecule has 0 aromatic carbocycles. The molecule has 0 aliphatic heterocycles. The topological polar surface area (TPSA) is 214 Å². The van der Waals surface area contributed by atoms with E-state index in [-0.39, 0.29) is 18.8 Å². The zero-order valence-corrected chi connectivity index (χ0v) is 17.7. The highest BCUT2D eigenvalue weighted by Gasteiger charge is 2.31. The molecule has 12 heteroatoms. The van der Waals surface area contributed by atoms with Gasteiger partial charge in [-0.1, -0.05) is 13.8 Å². The summed E-state index contributed by atoms with van der Waals surface area (Å²) in [7, 11) is 0. The number of carbonyl (C=O) groups excluding carboxylic acids is 4. The average molecular weight is 431 g/mol. The van der Waals surface area contributed by atoms with Crippen LogP contribution in [0, 0.1) is 5.92 Å². The summed E-state index contributed by atoms with van der Waals surface area (Å²) in [4.78, 5) is 58.9. The molecule has 0 rings (SSSR count). The fraction of sp³-hybridized carbons (Fsp3) is 0.722. The molecule has 5 atom stereocenters. The van der Waals surface area contributed by atoms with Crippen LogP contribution in [0.3, 0.4) is 0 Å². The monoisotopic (exact) mass is 431 g/mol. The molecule has 4 amide bonds. The van der Waals surface area contributed by atoms with Gasteiger partial charge in [0, 0.05) is 6.42 Å². The Bertz CT molecular complexity index is 638. The molecule has 0 fully saturated rings. The van der Waals surface area contributed by atoms with Crippen LogP contribution in [-0.2, 0) is 24.0 Å². The summed E-state index contributed by atoms with van der Waals surface area (Å²) in [6.45, 7) is 6.39. The van der Waals surface area contributed by atoms with Crippen LogP contribution in [0.1, 0.15) is 47.0 Å². The van der Waals surface area contributed by atoms with Crippen molar-refractivity contribution in [1.29, 1.82) is 0 Å². The van der Waals surface area contributed by atoms with Crippen molar-refractivity contribution in [2.75, 3.05) is 0 Å². The Hall–Kier alpha value is -2.73. The van der Waals surface area contributed by atoms with Crippen LogP contribution in [0.4, 0.5) is 0 Å². The molecular weight excluding hydrogens is 398 g/mol. The van der Waals surface area contributed by atoms with Crippen molar-refractivity contribution >= 4 is 29.6 Å². The van der Waals surface area contributed by atoms with Crippen molar-refractivity contribution < 1.29 is 34.2 Å². The minimum atomic E-state index is -1.49. The van der Waals surface area contributed by atoms with Gasteiger partial charge in [-0.25, -0.2) is 4.79 Å². The van der Waals surface area contributed by atoms with Gasteiger partial charge in [0.25, 0.3) is 0 Å². The number of carboxylic acid groups (broad SMARTS) is 1. The zero-order chi connectivity index (χ0) is 23.6. The van der Waals surface area contributed by atoms with Crippen molar-refractivity contribution in [3.8, 4) is 0 Å². The minimum Gasteiger partial charge on any atom is -0.480 e. The van der Waals surface area contributed by atoms with Crippen molar-refractivity contribution in [2.24, 2.45) is 17.4 Å². The standard InChI is InChI=1S/C18H33N5O7/c1-8(2)7-11(19)16(27)21-9(3)15(26)23-14(10(4)24)17(28)22-12(18(29)30)5-6-13(20)25/h8-12,14,24H,5-7,19H2,1-4H3,(H2,20,25)(H,21,27)(H,22,28)(H,23,26)(H,29,30). The maximum Gasteiger partial charge on any atom is 0.326 e. The Labute approximate surface area is 175 Å². The van der Waals surface area contributed by atoms with Crippen LogP contribution in [0.2, 0.25) is 0 Å². The number of amides is 4. The third kappa shape index (κ3) is 10.2. The van der Waals surface area contributed by atoms with Gasteiger partial charge < -0.3 is 37.6 Å². The van der Waals surface area contributed by atoms with Crippen LogP contribution in [0.5, 0.6) is 0 Å². The molecule has 30 heavy (non-hydrogen) atoms. The molecule has 0 bridgehead atoms. The lowest BCUT2D eigenvalue weighted by Gasteiger charge is -2.25. The minimum absolute atomic E-state index is 0.176. The van der Waals surface area contributed by atoms with Crippen LogP contribution in [0.15, 0.2) is 0 Å². The first kappa shape index (κ1) is 27.3. The second-order valence-corrected chi connectivity index (χ2v) is 7.60. The van der Waals surface area contributed by atoms with Crippen molar-refractivity contribution in [1.82, 2.24) is 16.0 Å². The number of hydrogen-bond donors (Lipinski definition) is 7.